The molecule has 106 valence electrons. The number of rotatable bonds is 5. The van der Waals surface area contributed by atoms with Crippen LogP contribution >= 0.6 is 0 Å². The topological polar surface area (TPSA) is 67.9 Å². The van der Waals surface area contributed by atoms with Crippen molar-refractivity contribution in [3.63, 3.8) is 0 Å². The standard InChI is InChI=1S/C15H21N5/c1-4-20(10-13-5-7-17-8-6-13)15-14(9-16)11(2)12(3)18-19-15/h5-8H,4,9-10,16H2,1-3H3. The van der Waals surface area contributed by atoms with Crippen LogP contribution in [0, 0.1) is 13.8 Å². The molecule has 0 unspecified atom stereocenters. The van der Waals surface area contributed by atoms with Crippen molar-refractivity contribution >= 4 is 5.82 Å². The number of nitrogens with zero attached hydrogens (tertiary/aromatic N) is 4. The smallest absolute Gasteiger partial charge is 0.156 e. The second kappa shape index (κ2) is 6.43. The molecule has 0 atom stereocenters. The van der Waals surface area contributed by atoms with Crippen LogP contribution in [0.2, 0.25) is 0 Å². The van der Waals surface area contributed by atoms with Crippen molar-refractivity contribution in [2.45, 2.75) is 33.9 Å². The first kappa shape index (κ1) is 14.4. The number of aryl methyl sites for hydroxylation is 1. The summed E-state index contributed by atoms with van der Waals surface area (Å²) in [5.41, 5.74) is 10.2. The molecular weight excluding hydrogens is 250 g/mol. The molecule has 0 aliphatic carbocycles. The Morgan fingerprint density at radius 1 is 1.15 bits per heavy atom. The Bertz CT molecular complexity index is 568. The molecule has 0 aliphatic heterocycles. The van der Waals surface area contributed by atoms with Crippen LogP contribution in [0.25, 0.3) is 0 Å². The molecule has 0 spiro atoms. The van der Waals surface area contributed by atoms with Gasteiger partial charge in [-0.2, -0.15) is 5.10 Å². The predicted molar refractivity (Wildman–Crippen MR) is 80.4 cm³/mol. The number of nitrogens with two attached hydrogens (primary N) is 1. The minimum Gasteiger partial charge on any atom is -0.351 e. The van der Waals surface area contributed by atoms with E-state index >= 15 is 0 Å². The van der Waals surface area contributed by atoms with Crippen molar-refractivity contribution in [1.29, 1.82) is 0 Å². The van der Waals surface area contributed by atoms with E-state index in [1.54, 1.807) is 12.4 Å². The van der Waals surface area contributed by atoms with Crippen molar-refractivity contribution < 1.29 is 0 Å². The van der Waals surface area contributed by atoms with Crippen molar-refractivity contribution in [3.8, 4) is 0 Å². The molecule has 0 fully saturated rings. The van der Waals surface area contributed by atoms with E-state index < -0.39 is 0 Å². The Morgan fingerprint density at radius 3 is 2.45 bits per heavy atom. The minimum atomic E-state index is 0.477. The minimum absolute atomic E-state index is 0.477. The van der Waals surface area contributed by atoms with E-state index in [2.05, 4.69) is 33.9 Å². The highest BCUT2D eigenvalue weighted by atomic mass is 15.3. The highest BCUT2D eigenvalue weighted by Crippen LogP contribution is 2.23. The molecule has 5 heteroatoms. The van der Waals surface area contributed by atoms with Crippen molar-refractivity contribution in [3.05, 3.63) is 46.9 Å². The van der Waals surface area contributed by atoms with Gasteiger partial charge in [0.1, 0.15) is 0 Å². The van der Waals surface area contributed by atoms with Gasteiger partial charge in [0.05, 0.1) is 5.69 Å². The van der Waals surface area contributed by atoms with E-state index in [9.17, 15) is 0 Å². The molecule has 0 saturated carbocycles. The fraction of sp³-hybridized carbons (Fsp3) is 0.400. The van der Waals surface area contributed by atoms with Crippen molar-refractivity contribution in [1.82, 2.24) is 15.2 Å². The average Bonchev–Trinajstić information content (AvgIpc) is 2.48. The Labute approximate surface area is 119 Å². The van der Waals surface area contributed by atoms with Gasteiger partial charge >= 0.3 is 0 Å². The maximum Gasteiger partial charge on any atom is 0.156 e. The molecule has 2 aromatic heterocycles. The van der Waals surface area contributed by atoms with Gasteiger partial charge < -0.3 is 10.6 Å². The third-order valence-corrected chi connectivity index (χ3v) is 3.57. The lowest BCUT2D eigenvalue weighted by molar-refractivity contribution is 0.771. The third-order valence-electron chi connectivity index (χ3n) is 3.57. The van der Waals surface area contributed by atoms with Crippen LogP contribution in [0.5, 0.6) is 0 Å². The van der Waals surface area contributed by atoms with Crippen LogP contribution in [0.3, 0.4) is 0 Å². The maximum absolute atomic E-state index is 5.90. The summed E-state index contributed by atoms with van der Waals surface area (Å²) in [6.45, 7) is 8.23. The number of pyridine rings is 1. The number of anilines is 1. The fourth-order valence-electron chi connectivity index (χ4n) is 2.19. The van der Waals surface area contributed by atoms with E-state index in [0.29, 0.717) is 6.54 Å². The lowest BCUT2D eigenvalue weighted by Crippen LogP contribution is -2.26. The summed E-state index contributed by atoms with van der Waals surface area (Å²) >= 11 is 0. The molecule has 0 bridgehead atoms. The molecule has 5 nitrogen and oxygen atoms in total. The summed E-state index contributed by atoms with van der Waals surface area (Å²) in [7, 11) is 0. The monoisotopic (exact) mass is 271 g/mol. The van der Waals surface area contributed by atoms with Gasteiger partial charge in [-0.15, -0.1) is 5.10 Å². The van der Waals surface area contributed by atoms with E-state index in [1.165, 1.54) is 5.56 Å². The lowest BCUT2D eigenvalue weighted by atomic mass is 10.1. The Balaban J connectivity index is 2.35. The average molecular weight is 271 g/mol. The van der Waals surface area contributed by atoms with Crippen LogP contribution in [0.4, 0.5) is 5.82 Å². The van der Waals surface area contributed by atoms with Crippen LogP contribution in [0.15, 0.2) is 24.5 Å². The van der Waals surface area contributed by atoms with Crippen molar-refractivity contribution in [2.24, 2.45) is 5.73 Å². The zero-order valence-electron chi connectivity index (χ0n) is 12.3. The largest absolute Gasteiger partial charge is 0.351 e. The SMILES string of the molecule is CCN(Cc1ccncc1)c1nnc(C)c(C)c1CN. The van der Waals surface area contributed by atoms with Gasteiger partial charge in [-0.3, -0.25) is 4.98 Å². The number of hydrogen-bond acceptors (Lipinski definition) is 5. The van der Waals surface area contributed by atoms with E-state index in [-0.39, 0.29) is 0 Å². The van der Waals surface area contributed by atoms with Crippen molar-refractivity contribution in [2.75, 3.05) is 11.4 Å². The van der Waals surface area contributed by atoms with Crippen LogP contribution < -0.4 is 10.6 Å². The van der Waals surface area contributed by atoms with Gasteiger partial charge in [0.2, 0.25) is 0 Å². The van der Waals surface area contributed by atoms with Gasteiger partial charge in [-0.05, 0) is 44.0 Å². The van der Waals surface area contributed by atoms with Gasteiger partial charge in [-0.1, -0.05) is 0 Å². The first-order valence-corrected chi connectivity index (χ1v) is 6.84. The molecule has 0 amide bonds. The summed E-state index contributed by atoms with van der Waals surface area (Å²) in [5, 5.41) is 8.60. The maximum atomic E-state index is 5.90. The third kappa shape index (κ3) is 2.93. The van der Waals surface area contributed by atoms with Gasteiger partial charge in [-0.25, -0.2) is 0 Å². The fourth-order valence-corrected chi connectivity index (χ4v) is 2.19. The zero-order valence-corrected chi connectivity index (χ0v) is 12.3. The molecule has 2 aromatic rings. The highest BCUT2D eigenvalue weighted by molar-refractivity contribution is 5.51. The van der Waals surface area contributed by atoms with Gasteiger partial charge in [0.15, 0.2) is 5.82 Å². The van der Waals surface area contributed by atoms with E-state index in [0.717, 1.165) is 35.7 Å². The van der Waals surface area contributed by atoms with E-state index in [4.69, 9.17) is 5.73 Å². The van der Waals surface area contributed by atoms with Crippen LogP contribution in [-0.2, 0) is 13.1 Å². The van der Waals surface area contributed by atoms with Crippen LogP contribution in [-0.4, -0.2) is 21.7 Å². The zero-order chi connectivity index (χ0) is 14.5. The Morgan fingerprint density at radius 2 is 1.85 bits per heavy atom. The normalized spacial score (nSPS) is 10.6. The molecule has 2 rings (SSSR count). The Kier molecular flexibility index (Phi) is 4.63. The summed E-state index contributed by atoms with van der Waals surface area (Å²) < 4.78 is 0. The van der Waals surface area contributed by atoms with Gasteiger partial charge in [0, 0.05) is 37.6 Å². The molecule has 0 aromatic carbocycles. The molecule has 0 saturated heterocycles. The van der Waals surface area contributed by atoms with E-state index in [1.807, 2.05) is 19.1 Å². The first-order valence-electron chi connectivity index (χ1n) is 6.84. The summed E-state index contributed by atoms with van der Waals surface area (Å²) in [4.78, 5) is 6.24. The molecular formula is C15H21N5. The quantitative estimate of drug-likeness (QED) is 0.900. The summed E-state index contributed by atoms with van der Waals surface area (Å²) in [6, 6.07) is 4.03. The van der Waals surface area contributed by atoms with Gasteiger partial charge in [0.25, 0.3) is 0 Å². The second-order valence-corrected chi connectivity index (χ2v) is 4.79. The molecule has 2 heterocycles. The molecule has 20 heavy (non-hydrogen) atoms. The molecule has 2 N–H and O–H groups in total. The second-order valence-electron chi connectivity index (χ2n) is 4.79. The molecule has 0 aliphatic rings. The van der Waals surface area contributed by atoms with Crippen LogP contribution in [0.1, 0.15) is 29.3 Å². The first-order chi connectivity index (χ1) is 9.67. The lowest BCUT2D eigenvalue weighted by Gasteiger charge is -2.25. The summed E-state index contributed by atoms with van der Waals surface area (Å²) in [6.07, 6.45) is 3.61. The highest BCUT2D eigenvalue weighted by Gasteiger charge is 2.15. The summed E-state index contributed by atoms with van der Waals surface area (Å²) in [5.74, 6) is 0.884. The Hall–Kier alpha value is -2.01. The number of hydrogen-bond donors (Lipinski definition) is 1. The number of aromatic nitrogens is 3. The molecule has 0 radical (unpaired) electrons. The predicted octanol–water partition coefficient (Wildman–Crippen LogP) is 1.97.